The van der Waals surface area contributed by atoms with Gasteiger partial charge in [0, 0.05) is 6.42 Å². The number of hydrogen-bond donors (Lipinski definition) is 1. The Balaban J connectivity index is 3.06. The number of aliphatic hydroxyl groups is 1. The lowest BCUT2D eigenvalue weighted by Gasteiger charge is -1.90. The second-order valence-electron chi connectivity index (χ2n) is 2.85. The van der Waals surface area contributed by atoms with E-state index in [-0.39, 0.29) is 6.61 Å². The molecule has 2 heteroatoms. The molecule has 12 heavy (non-hydrogen) atoms. The predicted octanol–water partition coefficient (Wildman–Crippen LogP) is 2.12. The molecule has 0 unspecified atom stereocenters. The quantitative estimate of drug-likeness (QED) is 0.698. The number of furan rings is 1. The lowest BCUT2D eigenvalue weighted by atomic mass is 10.1. The second kappa shape index (κ2) is 3.59. The molecule has 0 aliphatic carbocycles. The van der Waals surface area contributed by atoms with Crippen LogP contribution in [0, 0.1) is 13.8 Å². The topological polar surface area (TPSA) is 33.4 Å². The van der Waals surface area contributed by atoms with E-state index in [1.54, 1.807) is 6.08 Å². The van der Waals surface area contributed by atoms with Gasteiger partial charge in [-0.3, -0.25) is 0 Å². The maximum absolute atomic E-state index is 8.90. The second-order valence-corrected chi connectivity index (χ2v) is 2.85. The molecule has 0 fully saturated rings. The normalized spacial score (nSPS) is 10.2. The summed E-state index contributed by atoms with van der Waals surface area (Å²) < 4.78 is 5.41. The minimum absolute atomic E-state index is 0.0240. The molecule has 0 aliphatic heterocycles. The monoisotopic (exact) mass is 166 g/mol. The Bertz CT molecular complexity index is 284. The molecule has 1 N–H and O–H groups in total. The van der Waals surface area contributed by atoms with Crippen LogP contribution in [0.5, 0.6) is 0 Å². The van der Waals surface area contributed by atoms with Crippen molar-refractivity contribution in [3.8, 4) is 0 Å². The van der Waals surface area contributed by atoms with E-state index < -0.39 is 0 Å². The lowest BCUT2D eigenvalue weighted by molar-refractivity contribution is 0.243. The fraction of sp³-hybridized carbons (Fsp3) is 0.400. The van der Waals surface area contributed by atoms with Crippen LogP contribution < -0.4 is 0 Å². The van der Waals surface area contributed by atoms with Crippen LogP contribution in [0.15, 0.2) is 17.1 Å². The Hall–Kier alpha value is -1.02. The summed E-state index contributed by atoms with van der Waals surface area (Å²) in [6.45, 7) is 7.57. The smallest absolute Gasteiger partial charge is 0.132 e. The number of rotatable bonds is 3. The molecule has 0 saturated carbocycles. The largest absolute Gasteiger partial charge is 0.463 e. The Morgan fingerprint density at radius 1 is 1.33 bits per heavy atom. The van der Waals surface area contributed by atoms with Gasteiger partial charge in [0.2, 0.25) is 0 Å². The van der Waals surface area contributed by atoms with Crippen LogP contribution in [-0.2, 0) is 13.0 Å². The molecule has 2 nitrogen and oxygen atoms in total. The van der Waals surface area contributed by atoms with Gasteiger partial charge in [-0.1, -0.05) is 6.08 Å². The predicted molar refractivity (Wildman–Crippen MR) is 48.0 cm³/mol. The highest BCUT2D eigenvalue weighted by atomic mass is 16.4. The first-order chi connectivity index (χ1) is 5.70. The lowest BCUT2D eigenvalue weighted by Crippen LogP contribution is -1.82. The van der Waals surface area contributed by atoms with Gasteiger partial charge in [-0.25, -0.2) is 0 Å². The van der Waals surface area contributed by atoms with E-state index in [1.165, 1.54) is 0 Å². The molecule has 0 saturated heterocycles. The molecule has 1 aromatic rings. The van der Waals surface area contributed by atoms with Crippen LogP contribution in [-0.4, -0.2) is 5.11 Å². The molecule has 0 bridgehead atoms. The highest BCUT2D eigenvalue weighted by molar-refractivity contribution is 5.31. The summed E-state index contributed by atoms with van der Waals surface area (Å²) >= 11 is 0. The van der Waals surface area contributed by atoms with Crippen molar-refractivity contribution in [2.24, 2.45) is 0 Å². The van der Waals surface area contributed by atoms with Crippen molar-refractivity contribution in [3.63, 3.8) is 0 Å². The zero-order chi connectivity index (χ0) is 9.14. The van der Waals surface area contributed by atoms with Crippen LogP contribution in [0.2, 0.25) is 0 Å². The average molecular weight is 166 g/mol. The molecule has 1 aromatic heterocycles. The van der Waals surface area contributed by atoms with Crippen molar-refractivity contribution in [3.05, 3.63) is 35.3 Å². The Morgan fingerprint density at radius 2 is 1.92 bits per heavy atom. The van der Waals surface area contributed by atoms with Gasteiger partial charge in [0.15, 0.2) is 0 Å². The van der Waals surface area contributed by atoms with Crippen LogP contribution in [0.4, 0.5) is 0 Å². The number of hydrogen-bond acceptors (Lipinski definition) is 2. The summed E-state index contributed by atoms with van der Waals surface area (Å²) in [6.07, 6.45) is 2.53. The SMILES string of the molecule is C=CCc1oc(CO)c(C)c1C. The molecular formula is C10H14O2. The van der Waals surface area contributed by atoms with Crippen LogP contribution in [0.3, 0.4) is 0 Å². The summed E-state index contributed by atoms with van der Waals surface area (Å²) in [6, 6.07) is 0. The van der Waals surface area contributed by atoms with Gasteiger partial charge >= 0.3 is 0 Å². The van der Waals surface area contributed by atoms with Crippen LogP contribution >= 0.6 is 0 Å². The third-order valence-corrected chi connectivity index (χ3v) is 2.12. The third kappa shape index (κ3) is 1.43. The molecule has 0 amide bonds. The minimum atomic E-state index is -0.0240. The van der Waals surface area contributed by atoms with E-state index in [2.05, 4.69) is 6.58 Å². The average Bonchev–Trinajstić information content (AvgIpc) is 2.33. The summed E-state index contributed by atoms with van der Waals surface area (Å²) in [5, 5.41) is 8.90. The summed E-state index contributed by atoms with van der Waals surface area (Å²) in [4.78, 5) is 0. The standard InChI is InChI=1S/C10H14O2/c1-4-5-9-7(2)8(3)10(6-11)12-9/h4,11H,1,5-6H2,2-3H3. The van der Waals surface area contributed by atoms with Crippen molar-refractivity contribution >= 4 is 0 Å². The van der Waals surface area contributed by atoms with Crippen molar-refractivity contribution in [1.82, 2.24) is 0 Å². The van der Waals surface area contributed by atoms with Crippen molar-refractivity contribution in [1.29, 1.82) is 0 Å². The van der Waals surface area contributed by atoms with E-state index in [0.717, 1.165) is 23.3 Å². The van der Waals surface area contributed by atoms with Gasteiger partial charge in [-0.15, -0.1) is 6.58 Å². The zero-order valence-electron chi connectivity index (χ0n) is 7.55. The molecule has 0 radical (unpaired) electrons. The Labute approximate surface area is 72.5 Å². The van der Waals surface area contributed by atoms with Gasteiger partial charge in [0.25, 0.3) is 0 Å². The fourth-order valence-corrected chi connectivity index (χ4v) is 1.20. The molecule has 0 spiro atoms. The van der Waals surface area contributed by atoms with Crippen molar-refractivity contribution in [2.45, 2.75) is 26.9 Å². The van der Waals surface area contributed by atoms with Crippen LogP contribution in [0.1, 0.15) is 22.6 Å². The zero-order valence-corrected chi connectivity index (χ0v) is 7.55. The Morgan fingerprint density at radius 3 is 2.33 bits per heavy atom. The van der Waals surface area contributed by atoms with E-state index in [1.807, 2.05) is 13.8 Å². The fourth-order valence-electron chi connectivity index (χ4n) is 1.20. The Kier molecular flexibility index (Phi) is 2.71. The molecule has 0 aromatic carbocycles. The van der Waals surface area contributed by atoms with E-state index in [0.29, 0.717) is 5.76 Å². The maximum atomic E-state index is 8.90. The molecule has 0 aliphatic rings. The van der Waals surface area contributed by atoms with E-state index in [4.69, 9.17) is 9.52 Å². The maximum Gasteiger partial charge on any atom is 0.132 e. The highest BCUT2D eigenvalue weighted by Gasteiger charge is 2.10. The summed E-state index contributed by atoms with van der Waals surface area (Å²) in [7, 11) is 0. The van der Waals surface area contributed by atoms with Gasteiger partial charge in [0.05, 0.1) is 0 Å². The first-order valence-corrected chi connectivity index (χ1v) is 4.00. The first-order valence-electron chi connectivity index (χ1n) is 4.00. The van der Waals surface area contributed by atoms with E-state index >= 15 is 0 Å². The highest BCUT2D eigenvalue weighted by Crippen LogP contribution is 2.21. The molecule has 0 atom stereocenters. The number of aliphatic hydroxyl groups excluding tert-OH is 1. The van der Waals surface area contributed by atoms with Crippen molar-refractivity contribution < 1.29 is 9.52 Å². The molecule has 66 valence electrons. The molecule has 1 heterocycles. The van der Waals surface area contributed by atoms with Gasteiger partial charge in [0.1, 0.15) is 18.1 Å². The number of allylic oxidation sites excluding steroid dienone is 1. The third-order valence-electron chi connectivity index (χ3n) is 2.12. The van der Waals surface area contributed by atoms with Crippen LogP contribution in [0.25, 0.3) is 0 Å². The summed E-state index contributed by atoms with van der Waals surface area (Å²) in [5.41, 5.74) is 2.17. The van der Waals surface area contributed by atoms with Gasteiger partial charge in [-0.2, -0.15) is 0 Å². The first kappa shape index (κ1) is 9.07. The van der Waals surface area contributed by atoms with Gasteiger partial charge < -0.3 is 9.52 Å². The van der Waals surface area contributed by atoms with Gasteiger partial charge in [-0.05, 0) is 25.0 Å². The van der Waals surface area contributed by atoms with E-state index in [9.17, 15) is 0 Å². The summed E-state index contributed by atoms with van der Waals surface area (Å²) in [5.74, 6) is 1.58. The van der Waals surface area contributed by atoms with Crippen molar-refractivity contribution in [2.75, 3.05) is 0 Å². The minimum Gasteiger partial charge on any atom is -0.463 e. The molecule has 1 rings (SSSR count). The molecular weight excluding hydrogens is 152 g/mol.